The summed E-state index contributed by atoms with van der Waals surface area (Å²) in [6.07, 6.45) is -0.149. The Morgan fingerprint density at radius 3 is 2.67 bits per heavy atom. The van der Waals surface area contributed by atoms with Crippen molar-refractivity contribution in [2.24, 2.45) is 0 Å². The number of rotatable bonds is 12. The summed E-state index contributed by atoms with van der Waals surface area (Å²) in [4.78, 5) is 61.2. The number of nitrogens with two attached hydrogens (primary N) is 1. The highest BCUT2D eigenvalue weighted by molar-refractivity contribution is 7.65. The molecule has 0 spiro atoms. The Hall–Kier alpha value is -1.93. The molecule has 218 valence electrons. The van der Waals surface area contributed by atoms with Crippen LogP contribution in [0, 0.1) is 11.8 Å². The van der Waals surface area contributed by atoms with Gasteiger partial charge in [0.2, 0.25) is 5.95 Å². The zero-order chi connectivity index (χ0) is 29.0. The molecule has 0 bridgehead atoms. The maximum absolute atomic E-state index is 12.6. The van der Waals surface area contributed by atoms with Crippen molar-refractivity contribution in [2.45, 2.75) is 44.1 Å². The highest BCUT2D eigenvalue weighted by Crippen LogP contribution is 2.61. The first kappa shape index (κ1) is 31.6. The topological polar surface area (TPSA) is 286 Å². The average molecular weight is 612 g/mol. The number of H-pyrrole nitrogens is 1. The minimum atomic E-state index is -6.06. The predicted molar refractivity (Wildman–Crippen MR) is 127 cm³/mol. The molecular formula is C18H25N5O13P3-3. The van der Waals surface area contributed by atoms with Crippen LogP contribution < -0.4 is 31.3 Å². The molecule has 3 rings (SSSR count). The second-order valence-electron chi connectivity index (χ2n) is 8.24. The SMILES string of the molecule is CNCCCCC#Cc1cn([C@@H]2O[C@H](COP(=O)([O-])OP(=O)([O-])OP(=O)([O-])O)CC2O)c2nc(N)[nH]c(=O)c12. The quantitative estimate of drug-likeness (QED) is 0.0998. The Kier molecular flexibility index (Phi) is 10.3. The number of fused-ring (bicyclic) bond motifs is 1. The summed E-state index contributed by atoms with van der Waals surface area (Å²) in [6, 6.07) is 0. The summed E-state index contributed by atoms with van der Waals surface area (Å²) in [5.41, 5.74) is 5.42. The number of nitrogen functional groups attached to an aromatic ring is 1. The molecule has 2 aromatic heterocycles. The van der Waals surface area contributed by atoms with E-state index < -0.39 is 54.1 Å². The van der Waals surface area contributed by atoms with Crippen LogP contribution in [0.4, 0.5) is 5.95 Å². The summed E-state index contributed by atoms with van der Waals surface area (Å²) >= 11 is 0. The molecule has 0 amide bonds. The van der Waals surface area contributed by atoms with Gasteiger partial charge in [-0.25, -0.2) is 8.62 Å². The number of phosphoric ester groups is 1. The minimum Gasteiger partial charge on any atom is -0.756 e. The van der Waals surface area contributed by atoms with Crippen molar-refractivity contribution < 1.29 is 56.3 Å². The maximum atomic E-state index is 12.6. The van der Waals surface area contributed by atoms with Crippen LogP contribution in [-0.4, -0.2) is 56.9 Å². The van der Waals surface area contributed by atoms with Gasteiger partial charge < -0.3 is 49.6 Å². The van der Waals surface area contributed by atoms with Crippen molar-refractivity contribution in [1.29, 1.82) is 0 Å². The third kappa shape index (κ3) is 9.04. The molecule has 1 saturated heterocycles. The molecule has 0 aromatic carbocycles. The number of unbranched alkanes of at least 4 members (excludes halogenated alkanes) is 2. The number of anilines is 1. The molecule has 21 heteroatoms. The van der Waals surface area contributed by atoms with Crippen molar-refractivity contribution in [2.75, 3.05) is 25.9 Å². The van der Waals surface area contributed by atoms with Gasteiger partial charge >= 0.3 is 0 Å². The van der Waals surface area contributed by atoms with Crippen LogP contribution in [0.3, 0.4) is 0 Å². The van der Waals surface area contributed by atoms with Gasteiger partial charge in [0.05, 0.1) is 23.7 Å². The number of aromatic nitrogens is 3. The summed E-state index contributed by atoms with van der Waals surface area (Å²) in [5, 5.41) is 13.7. The van der Waals surface area contributed by atoms with Crippen LogP contribution in [0.2, 0.25) is 0 Å². The Morgan fingerprint density at radius 2 is 2.00 bits per heavy atom. The van der Waals surface area contributed by atoms with Crippen LogP contribution in [0.25, 0.3) is 11.0 Å². The zero-order valence-corrected chi connectivity index (χ0v) is 22.9. The summed E-state index contributed by atoms with van der Waals surface area (Å²) in [6.45, 7) is -0.0362. The monoisotopic (exact) mass is 612 g/mol. The van der Waals surface area contributed by atoms with Gasteiger partial charge in [-0.1, -0.05) is 11.8 Å². The summed E-state index contributed by atoms with van der Waals surface area (Å²) in [7, 11) is -15.8. The molecule has 4 unspecified atom stereocenters. The van der Waals surface area contributed by atoms with E-state index in [1.54, 1.807) is 0 Å². The van der Waals surface area contributed by atoms with Crippen molar-refractivity contribution in [3.8, 4) is 11.8 Å². The Morgan fingerprint density at radius 1 is 1.28 bits per heavy atom. The van der Waals surface area contributed by atoms with Gasteiger partial charge in [0.15, 0.2) is 11.9 Å². The van der Waals surface area contributed by atoms with Crippen LogP contribution in [0.5, 0.6) is 0 Å². The van der Waals surface area contributed by atoms with E-state index in [-0.39, 0.29) is 29.0 Å². The summed E-state index contributed by atoms with van der Waals surface area (Å²) in [5.74, 6) is 5.65. The molecule has 3 heterocycles. The first-order valence-corrected chi connectivity index (χ1v) is 15.6. The number of aliphatic hydroxyl groups excluding tert-OH is 1. The van der Waals surface area contributed by atoms with Crippen LogP contribution >= 0.6 is 23.5 Å². The van der Waals surface area contributed by atoms with E-state index in [9.17, 15) is 38.3 Å². The van der Waals surface area contributed by atoms with Crippen LogP contribution in [0.15, 0.2) is 11.0 Å². The lowest BCUT2D eigenvalue weighted by molar-refractivity contribution is -0.250. The number of ether oxygens (including phenoxy) is 1. The van der Waals surface area contributed by atoms with Crippen LogP contribution in [0.1, 0.15) is 37.5 Å². The normalized spacial score (nSPS) is 24.0. The lowest BCUT2D eigenvalue weighted by Gasteiger charge is -2.32. The van der Waals surface area contributed by atoms with Crippen molar-refractivity contribution in [3.05, 3.63) is 22.1 Å². The summed E-state index contributed by atoms with van der Waals surface area (Å²) < 4.78 is 51.8. The Bertz CT molecular complexity index is 1440. The second kappa shape index (κ2) is 12.7. The van der Waals surface area contributed by atoms with Crippen molar-refractivity contribution in [3.63, 3.8) is 0 Å². The van der Waals surface area contributed by atoms with E-state index in [0.29, 0.717) is 6.42 Å². The third-order valence-corrected chi connectivity index (χ3v) is 8.85. The van der Waals surface area contributed by atoms with Gasteiger partial charge in [0.25, 0.3) is 29.0 Å². The highest BCUT2D eigenvalue weighted by Gasteiger charge is 2.38. The first-order chi connectivity index (χ1) is 18.1. The largest absolute Gasteiger partial charge is 0.756 e. The fourth-order valence-corrected chi connectivity index (χ4v) is 6.60. The van der Waals surface area contributed by atoms with Gasteiger partial charge in [-0.2, -0.15) is 4.98 Å². The molecular weight excluding hydrogens is 587 g/mol. The Balaban J connectivity index is 1.76. The zero-order valence-electron chi connectivity index (χ0n) is 20.3. The Labute approximate surface area is 220 Å². The minimum absolute atomic E-state index is 0.0367. The predicted octanol–water partition coefficient (Wildman–Crippen LogP) is -1.86. The lowest BCUT2D eigenvalue weighted by Crippen LogP contribution is -2.21. The third-order valence-electron chi connectivity index (χ3n) is 5.16. The fraction of sp³-hybridized carbons (Fsp3) is 0.556. The van der Waals surface area contributed by atoms with E-state index in [0.717, 1.165) is 19.4 Å². The van der Waals surface area contributed by atoms with Crippen LogP contribution in [-0.2, 0) is 31.6 Å². The second-order valence-corrected chi connectivity index (χ2v) is 12.5. The van der Waals surface area contributed by atoms with Gasteiger partial charge in [0.1, 0.15) is 6.10 Å². The smallest absolute Gasteiger partial charge is 0.280 e. The number of nitrogens with one attached hydrogen (secondary N) is 2. The van der Waals surface area contributed by atoms with Crippen molar-refractivity contribution >= 4 is 40.4 Å². The van der Waals surface area contributed by atoms with E-state index in [4.69, 9.17) is 15.4 Å². The van der Waals surface area contributed by atoms with E-state index >= 15 is 0 Å². The van der Waals surface area contributed by atoms with E-state index in [1.165, 1.54) is 10.8 Å². The van der Waals surface area contributed by atoms with Crippen molar-refractivity contribution in [1.82, 2.24) is 19.9 Å². The van der Waals surface area contributed by atoms with Gasteiger partial charge in [-0.3, -0.25) is 23.5 Å². The number of aliphatic hydroxyl groups is 1. The molecule has 0 aliphatic carbocycles. The molecule has 0 saturated carbocycles. The molecule has 2 aromatic rings. The molecule has 6 N–H and O–H groups in total. The number of hydrogen-bond acceptors (Lipinski definition) is 15. The fourth-order valence-electron chi connectivity index (χ4n) is 3.68. The number of hydrogen-bond donors (Lipinski definition) is 5. The molecule has 1 aliphatic heterocycles. The molecule has 0 radical (unpaired) electrons. The number of phosphoric acid groups is 3. The standard InChI is InChI=1S/C18H28N5O13P3/c1-20-7-5-3-2-4-6-11-9-23(15-14(11)16(25)22-18(19)21-15)17-13(24)8-12(34-17)10-33-38(29,30)36-39(31,32)35-37(26,27)28/h9,12-13,17,20,24H,2-3,5,7-8,10H2,1H3,(H,29,30)(H,31,32)(H2,26,27,28)(H3,19,21,22,25)/p-3/t12-,13?,17+/m0/s1. The van der Waals surface area contributed by atoms with E-state index in [2.05, 4.69) is 40.3 Å². The molecule has 6 atom stereocenters. The number of aromatic amines is 1. The molecule has 18 nitrogen and oxygen atoms in total. The average Bonchev–Trinajstić information content (AvgIpc) is 3.32. The maximum Gasteiger partial charge on any atom is 0.280 e. The van der Waals surface area contributed by atoms with Gasteiger partial charge in [0, 0.05) is 19.0 Å². The van der Waals surface area contributed by atoms with Gasteiger partial charge in [-0.05, 0) is 26.4 Å². The van der Waals surface area contributed by atoms with Gasteiger partial charge in [-0.15, -0.1) is 0 Å². The molecule has 39 heavy (non-hydrogen) atoms. The lowest BCUT2D eigenvalue weighted by atomic mass is 10.2. The first-order valence-electron chi connectivity index (χ1n) is 11.2. The number of nitrogens with zero attached hydrogens (tertiary/aromatic N) is 2. The highest BCUT2D eigenvalue weighted by atomic mass is 31.3. The molecule has 1 fully saturated rings. The van der Waals surface area contributed by atoms with E-state index in [1.807, 2.05) is 7.05 Å². The molecule has 1 aliphatic rings.